The third-order valence-electron chi connectivity index (χ3n) is 8.73. The van der Waals surface area contributed by atoms with Crippen LogP contribution >= 0.6 is 0 Å². The van der Waals surface area contributed by atoms with Gasteiger partial charge in [-0.1, -0.05) is 25.5 Å². The van der Waals surface area contributed by atoms with Gasteiger partial charge in [-0.15, -0.1) is 0 Å². The molecule has 0 amide bonds. The minimum absolute atomic E-state index is 0.0346. The number of fused-ring (bicyclic) bond motifs is 5. The second kappa shape index (κ2) is 5.83. The molecule has 0 saturated heterocycles. The van der Waals surface area contributed by atoms with E-state index >= 15 is 0 Å². The molecule has 4 heteroatoms. The number of nitriles is 1. The maximum atomic E-state index is 11.3. The summed E-state index contributed by atoms with van der Waals surface area (Å²) in [7, 11) is 0. The van der Waals surface area contributed by atoms with Crippen molar-refractivity contribution in [2.75, 3.05) is 0 Å². The Morgan fingerprint density at radius 2 is 1.96 bits per heavy atom. The zero-order valence-corrected chi connectivity index (χ0v) is 16.3. The van der Waals surface area contributed by atoms with Gasteiger partial charge in [-0.05, 0) is 68.1 Å². The van der Waals surface area contributed by atoms with Gasteiger partial charge in [0.05, 0.1) is 6.07 Å². The number of aliphatic hydroxyl groups is 1. The van der Waals surface area contributed by atoms with Gasteiger partial charge in [-0.25, -0.2) is 0 Å². The van der Waals surface area contributed by atoms with E-state index in [1.807, 2.05) is 0 Å². The predicted octanol–water partition coefficient (Wildman–Crippen LogP) is 4.14. The van der Waals surface area contributed by atoms with Crippen LogP contribution in [0.1, 0.15) is 72.1 Å². The topological polar surface area (TPSA) is 70.3 Å². The molecule has 0 aliphatic heterocycles. The minimum Gasteiger partial charge on any atom is -0.462 e. The average Bonchev–Trinajstić information content (AvgIpc) is 2.87. The van der Waals surface area contributed by atoms with Crippen LogP contribution in [0.2, 0.25) is 0 Å². The quantitative estimate of drug-likeness (QED) is 0.435. The summed E-state index contributed by atoms with van der Waals surface area (Å²) in [5.74, 6) is 1.45. The molecule has 7 atom stereocenters. The Kier molecular flexibility index (Phi) is 4.04. The van der Waals surface area contributed by atoms with Crippen molar-refractivity contribution in [1.82, 2.24) is 0 Å². The molecular weight excluding hydrogens is 326 g/mol. The highest BCUT2D eigenvalue weighted by molar-refractivity contribution is 5.66. The number of esters is 1. The number of ether oxygens (including phenoxy) is 1. The average molecular weight is 357 g/mol. The van der Waals surface area contributed by atoms with Crippen LogP contribution in [-0.2, 0) is 9.53 Å². The number of carbonyl (C=O) groups excluding carboxylic acids is 1. The van der Waals surface area contributed by atoms with Crippen LogP contribution in [0.3, 0.4) is 0 Å². The van der Waals surface area contributed by atoms with E-state index < -0.39 is 5.60 Å². The van der Waals surface area contributed by atoms with Crippen molar-refractivity contribution in [2.24, 2.45) is 28.6 Å². The van der Waals surface area contributed by atoms with Crippen molar-refractivity contribution in [3.8, 4) is 6.07 Å². The van der Waals surface area contributed by atoms with Gasteiger partial charge in [-0.2, -0.15) is 5.26 Å². The van der Waals surface area contributed by atoms with Crippen molar-refractivity contribution < 1.29 is 14.6 Å². The molecule has 0 aromatic rings. The summed E-state index contributed by atoms with van der Waals surface area (Å²) in [5.41, 5.74) is 0.252. The van der Waals surface area contributed by atoms with Crippen LogP contribution in [-0.4, -0.2) is 22.8 Å². The van der Waals surface area contributed by atoms with Crippen molar-refractivity contribution in [3.05, 3.63) is 11.6 Å². The standard InChI is InChI=1S/C22H31NO3/c1-14(24)26-16-6-9-20(2)15(12-16)4-5-17-18(20)7-10-21(3)19(17)8-11-22(21,25)13-23/h4,16-19,25H,5-12H2,1-3H3/t16-,17-,18+,19-,20+,21+,22+/m1/s1. The molecule has 142 valence electrons. The highest BCUT2D eigenvalue weighted by Gasteiger charge is 2.64. The Morgan fingerprint density at radius 1 is 1.23 bits per heavy atom. The van der Waals surface area contributed by atoms with E-state index in [0.717, 1.165) is 44.9 Å². The van der Waals surface area contributed by atoms with Gasteiger partial charge in [0.2, 0.25) is 0 Å². The Hall–Kier alpha value is -1.34. The van der Waals surface area contributed by atoms with Crippen LogP contribution in [0.15, 0.2) is 11.6 Å². The van der Waals surface area contributed by atoms with E-state index in [1.54, 1.807) is 0 Å². The Morgan fingerprint density at radius 3 is 2.65 bits per heavy atom. The molecule has 0 bridgehead atoms. The highest BCUT2D eigenvalue weighted by Crippen LogP contribution is 2.67. The van der Waals surface area contributed by atoms with Crippen molar-refractivity contribution in [1.29, 1.82) is 5.26 Å². The van der Waals surface area contributed by atoms with Gasteiger partial charge >= 0.3 is 5.97 Å². The molecule has 3 saturated carbocycles. The lowest BCUT2D eigenvalue weighted by atomic mass is 9.47. The molecule has 4 aliphatic carbocycles. The lowest BCUT2D eigenvalue weighted by Gasteiger charge is -2.58. The SMILES string of the molecule is CC(=O)O[C@@H]1CC[C@@]2(C)C(=CC[C@H]3[C@H]4CC[C@](O)(C#N)[C@@]4(C)CC[C@@H]32)C1. The van der Waals surface area contributed by atoms with Crippen molar-refractivity contribution in [3.63, 3.8) is 0 Å². The fourth-order valence-corrected chi connectivity index (χ4v) is 7.16. The van der Waals surface area contributed by atoms with Crippen molar-refractivity contribution >= 4 is 5.97 Å². The molecule has 3 fully saturated rings. The first-order chi connectivity index (χ1) is 12.2. The number of hydrogen-bond donors (Lipinski definition) is 1. The molecule has 4 rings (SSSR count). The first-order valence-electron chi connectivity index (χ1n) is 10.2. The number of rotatable bonds is 1. The first-order valence-corrected chi connectivity index (χ1v) is 10.2. The number of hydrogen-bond acceptors (Lipinski definition) is 4. The van der Waals surface area contributed by atoms with E-state index in [4.69, 9.17) is 4.74 Å². The fraction of sp³-hybridized carbons (Fsp3) is 0.818. The molecule has 0 aromatic carbocycles. The third-order valence-corrected chi connectivity index (χ3v) is 8.73. The molecule has 0 radical (unpaired) electrons. The number of carbonyl (C=O) groups is 1. The van der Waals surface area contributed by atoms with Gasteiger partial charge in [0.15, 0.2) is 5.60 Å². The van der Waals surface area contributed by atoms with Crippen LogP contribution in [0.4, 0.5) is 0 Å². The molecule has 4 aliphatic rings. The molecule has 0 aromatic heterocycles. The fourth-order valence-electron chi connectivity index (χ4n) is 7.16. The summed E-state index contributed by atoms with van der Waals surface area (Å²) in [4.78, 5) is 11.3. The van der Waals surface area contributed by atoms with Gasteiger partial charge in [0.25, 0.3) is 0 Å². The summed E-state index contributed by atoms with van der Waals surface area (Å²) < 4.78 is 5.50. The van der Waals surface area contributed by atoms with Crippen LogP contribution in [0.5, 0.6) is 0 Å². The maximum Gasteiger partial charge on any atom is 0.302 e. The maximum absolute atomic E-state index is 11.3. The Labute approximate surface area is 156 Å². The second-order valence-corrected chi connectivity index (χ2v) is 9.70. The molecule has 26 heavy (non-hydrogen) atoms. The molecular formula is C22H31NO3. The molecule has 0 heterocycles. The predicted molar refractivity (Wildman–Crippen MR) is 97.8 cm³/mol. The number of allylic oxidation sites excluding steroid dienone is 1. The minimum atomic E-state index is -1.15. The van der Waals surface area contributed by atoms with E-state index in [2.05, 4.69) is 26.0 Å². The summed E-state index contributed by atoms with van der Waals surface area (Å²) in [5, 5.41) is 20.5. The van der Waals surface area contributed by atoms with E-state index in [1.165, 1.54) is 12.5 Å². The highest BCUT2D eigenvalue weighted by atomic mass is 16.5. The summed E-state index contributed by atoms with van der Waals surface area (Å²) in [6, 6.07) is 2.26. The van der Waals surface area contributed by atoms with Crippen LogP contribution in [0.25, 0.3) is 0 Å². The molecule has 0 unspecified atom stereocenters. The zero-order valence-electron chi connectivity index (χ0n) is 16.3. The van der Waals surface area contributed by atoms with Gasteiger partial charge in [0.1, 0.15) is 6.10 Å². The van der Waals surface area contributed by atoms with Gasteiger partial charge in [0, 0.05) is 18.8 Å². The summed E-state index contributed by atoms with van der Waals surface area (Å²) in [6.07, 6.45) is 10.0. The van der Waals surface area contributed by atoms with E-state index in [9.17, 15) is 15.2 Å². The van der Waals surface area contributed by atoms with Gasteiger partial charge < -0.3 is 9.84 Å². The summed E-state index contributed by atoms with van der Waals surface area (Å²) >= 11 is 0. The normalized spacial score (nSPS) is 49.9. The lowest BCUT2D eigenvalue weighted by Crippen LogP contribution is -2.54. The second-order valence-electron chi connectivity index (χ2n) is 9.70. The van der Waals surface area contributed by atoms with Crippen molar-refractivity contribution in [2.45, 2.75) is 83.8 Å². The van der Waals surface area contributed by atoms with Crippen LogP contribution in [0, 0.1) is 39.9 Å². The molecule has 0 spiro atoms. The zero-order chi connectivity index (χ0) is 18.7. The lowest BCUT2D eigenvalue weighted by molar-refractivity contribution is -0.149. The third kappa shape index (κ3) is 2.32. The smallest absolute Gasteiger partial charge is 0.302 e. The first kappa shape index (κ1) is 18.0. The van der Waals surface area contributed by atoms with E-state index in [0.29, 0.717) is 24.2 Å². The van der Waals surface area contributed by atoms with Gasteiger partial charge in [-0.3, -0.25) is 4.79 Å². The van der Waals surface area contributed by atoms with Crippen LogP contribution < -0.4 is 0 Å². The molecule has 4 nitrogen and oxygen atoms in total. The van der Waals surface area contributed by atoms with E-state index in [-0.39, 0.29) is 22.9 Å². The monoisotopic (exact) mass is 357 g/mol. The largest absolute Gasteiger partial charge is 0.462 e. The Balaban J connectivity index is 1.61. The number of nitrogens with zero attached hydrogens (tertiary/aromatic N) is 1. The summed E-state index contributed by atoms with van der Waals surface area (Å²) in [6.45, 7) is 6.06. The molecule has 1 N–H and O–H groups in total. The Bertz CT molecular complexity index is 694.